The first kappa shape index (κ1) is 27.1. The van der Waals surface area contributed by atoms with Crippen LogP contribution in [0.5, 0.6) is 0 Å². The van der Waals surface area contributed by atoms with Gasteiger partial charge in [-0.15, -0.1) is 0 Å². The fourth-order valence-electron chi connectivity index (χ4n) is 5.80. The Morgan fingerprint density at radius 1 is 0.889 bits per heavy atom. The van der Waals surface area contributed by atoms with Gasteiger partial charge in [0.15, 0.2) is 0 Å². The predicted octanol–water partition coefficient (Wildman–Crippen LogP) is 6.82. The first-order valence-corrected chi connectivity index (χ1v) is 12.8. The molecule has 2 N–H and O–H groups in total. The van der Waals surface area contributed by atoms with Gasteiger partial charge in [-0.05, 0) is 37.8 Å². The highest BCUT2D eigenvalue weighted by Gasteiger charge is 2.38. The predicted molar refractivity (Wildman–Crippen MR) is 125 cm³/mol. The monoisotopic (exact) mass is 517 g/mol. The Labute approximate surface area is 207 Å². The first-order chi connectivity index (χ1) is 17.1. The van der Waals surface area contributed by atoms with Crippen molar-refractivity contribution in [1.29, 1.82) is 0 Å². The number of aliphatic hydroxyl groups excluding tert-OH is 1. The van der Waals surface area contributed by atoms with Crippen molar-refractivity contribution < 1.29 is 31.4 Å². The fraction of sp³-hybridized carbons (Fsp3) is 0.654. The van der Waals surface area contributed by atoms with Crippen LogP contribution in [0.3, 0.4) is 0 Å². The summed E-state index contributed by atoms with van der Waals surface area (Å²) in [4.78, 5) is 5.79. The molecule has 4 rings (SSSR count). The Balaban J connectivity index is 1.56. The molecule has 36 heavy (non-hydrogen) atoms. The van der Waals surface area contributed by atoms with Gasteiger partial charge in [-0.2, -0.15) is 26.3 Å². The van der Waals surface area contributed by atoms with Crippen molar-refractivity contribution in [3.8, 4) is 0 Å². The number of pyridine rings is 1. The van der Waals surface area contributed by atoms with Crippen LogP contribution in [-0.4, -0.2) is 40.2 Å². The lowest BCUT2D eigenvalue weighted by Crippen LogP contribution is -2.48. The number of hydrogen-bond acceptors (Lipinski definition) is 4. The Morgan fingerprint density at radius 3 is 2.00 bits per heavy atom. The molecule has 0 spiro atoms. The lowest BCUT2D eigenvalue weighted by Gasteiger charge is -2.42. The van der Waals surface area contributed by atoms with Gasteiger partial charge in [0, 0.05) is 36.1 Å². The van der Waals surface area contributed by atoms with E-state index in [4.69, 9.17) is 0 Å². The standard InChI is InChI=1S/C26H33F6N3O/c27-25(28,29)21-13-7-12-19-20(16-22(26(30,31)32)34-23(19)21)24(36)33-14-15-35(17-8-3-1-4-9-17)18-10-5-2-6-11-18/h7,12-13,16-18,24,33,36H,1-6,8-11,14-15H2. The van der Waals surface area contributed by atoms with E-state index in [2.05, 4.69) is 15.2 Å². The van der Waals surface area contributed by atoms with Gasteiger partial charge in [-0.3, -0.25) is 10.2 Å². The van der Waals surface area contributed by atoms with E-state index >= 15 is 0 Å². The number of rotatable bonds is 7. The summed E-state index contributed by atoms with van der Waals surface area (Å²) >= 11 is 0. The highest BCUT2D eigenvalue weighted by molar-refractivity contribution is 5.86. The summed E-state index contributed by atoms with van der Waals surface area (Å²) in [5.74, 6) is 0. The van der Waals surface area contributed by atoms with Crippen molar-refractivity contribution in [1.82, 2.24) is 15.2 Å². The Bertz CT molecular complexity index is 995. The Hall–Kier alpha value is -1.91. The third-order valence-corrected chi connectivity index (χ3v) is 7.56. The average molecular weight is 518 g/mol. The van der Waals surface area contributed by atoms with Gasteiger partial charge in [-0.25, -0.2) is 4.98 Å². The average Bonchev–Trinajstić information content (AvgIpc) is 2.85. The molecule has 1 aromatic heterocycles. The number of fused-ring (bicyclic) bond motifs is 1. The van der Waals surface area contributed by atoms with Gasteiger partial charge in [0.05, 0.1) is 11.1 Å². The number of halogens is 6. The molecule has 2 saturated carbocycles. The Morgan fingerprint density at radius 2 is 1.47 bits per heavy atom. The van der Waals surface area contributed by atoms with Gasteiger partial charge >= 0.3 is 12.4 Å². The van der Waals surface area contributed by atoms with Crippen LogP contribution in [0.2, 0.25) is 0 Å². The SMILES string of the molecule is OC(NCCN(C1CCCCC1)C1CCCCC1)c1cc(C(F)(F)F)nc2c(C(F)(F)F)cccc12. The topological polar surface area (TPSA) is 48.4 Å². The van der Waals surface area contributed by atoms with E-state index in [1.165, 1.54) is 44.6 Å². The Kier molecular flexibility index (Phi) is 8.46. The van der Waals surface area contributed by atoms with Crippen molar-refractivity contribution in [3.63, 3.8) is 0 Å². The quantitative estimate of drug-likeness (QED) is 0.313. The summed E-state index contributed by atoms with van der Waals surface area (Å²) < 4.78 is 81.1. The number of alkyl halides is 6. The number of nitrogens with one attached hydrogen (secondary N) is 1. The lowest BCUT2D eigenvalue weighted by molar-refractivity contribution is -0.142. The molecule has 2 fully saturated rings. The number of hydrogen-bond donors (Lipinski definition) is 2. The summed E-state index contributed by atoms with van der Waals surface area (Å²) in [6.07, 6.45) is 0.198. The summed E-state index contributed by atoms with van der Waals surface area (Å²) in [7, 11) is 0. The van der Waals surface area contributed by atoms with Crippen LogP contribution in [0.4, 0.5) is 26.3 Å². The molecule has 1 atom stereocenters. The van der Waals surface area contributed by atoms with Crippen molar-refractivity contribution in [2.24, 2.45) is 0 Å². The second-order valence-electron chi connectivity index (χ2n) is 9.97. The van der Waals surface area contributed by atoms with Crippen LogP contribution in [0.15, 0.2) is 24.3 Å². The minimum atomic E-state index is -4.96. The van der Waals surface area contributed by atoms with E-state index in [-0.39, 0.29) is 10.9 Å². The van der Waals surface area contributed by atoms with Crippen LogP contribution in [0.1, 0.15) is 87.3 Å². The van der Waals surface area contributed by atoms with Crippen LogP contribution in [0, 0.1) is 0 Å². The molecule has 0 radical (unpaired) electrons. The first-order valence-electron chi connectivity index (χ1n) is 12.8. The van der Waals surface area contributed by atoms with Crippen LogP contribution >= 0.6 is 0 Å². The van der Waals surface area contributed by atoms with Gasteiger partial charge in [-0.1, -0.05) is 50.7 Å². The summed E-state index contributed by atoms with van der Waals surface area (Å²) in [6, 6.07) is 4.62. The molecule has 0 saturated heterocycles. The molecule has 10 heteroatoms. The molecule has 0 bridgehead atoms. The smallest absolute Gasteiger partial charge is 0.374 e. The lowest BCUT2D eigenvalue weighted by atomic mass is 9.88. The molecule has 2 aliphatic carbocycles. The van der Waals surface area contributed by atoms with Crippen molar-refractivity contribution >= 4 is 10.9 Å². The minimum Gasteiger partial charge on any atom is -0.374 e. The van der Waals surface area contributed by atoms with Crippen LogP contribution < -0.4 is 5.32 Å². The summed E-state index contributed by atoms with van der Waals surface area (Å²) in [5.41, 5.74) is -3.81. The normalized spacial score (nSPS) is 19.8. The summed E-state index contributed by atoms with van der Waals surface area (Å²) in [5, 5.41) is 13.5. The van der Waals surface area contributed by atoms with Crippen LogP contribution in [0.25, 0.3) is 10.9 Å². The molecule has 1 aromatic carbocycles. The van der Waals surface area contributed by atoms with Crippen molar-refractivity contribution in [3.05, 3.63) is 41.1 Å². The highest BCUT2D eigenvalue weighted by atomic mass is 19.4. The molecular formula is C26H33F6N3O. The number of nitrogens with zero attached hydrogens (tertiary/aromatic N) is 2. The van der Waals surface area contributed by atoms with E-state index in [0.717, 1.165) is 31.7 Å². The number of benzene rings is 1. The number of aromatic nitrogens is 1. The second-order valence-corrected chi connectivity index (χ2v) is 9.97. The van der Waals surface area contributed by atoms with Crippen molar-refractivity contribution in [2.75, 3.05) is 13.1 Å². The maximum atomic E-state index is 13.5. The van der Waals surface area contributed by atoms with E-state index in [0.29, 0.717) is 37.3 Å². The zero-order valence-electron chi connectivity index (χ0n) is 20.1. The maximum absolute atomic E-state index is 13.5. The molecule has 1 heterocycles. The number of aliphatic hydroxyl groups is 1. The molecule has 2 aliphatic rings. The van der Waals surface area contributed by atoms with Gasteiger partial charge in [0.2, 0.25) is 0 Å². The fourth-order valence-corrected chi connectivity index (χ4v) is 5.80. The minimum absolute atomic E-state index is 0.158. The highest BCUT2D eigenvalue weighted by Crippen LogP contribution is 2.38. The van der Waals surface area contributed by atoms with Gasteiger partial charge in [0.25, 0.3) is 0 Å². The second kappa shape index (κ2) is 11.2. The molecular weight excluding hydrogens is 484 g/mol. The maximum Gasteiger partial charge on any atom is 0.433 e. The van der Waals surface area contributed by atoms with E-state index in [9.17, 15) is 31.4 Å². The third kappa shape index (κ3) is 6.31. The van der Waals surface area contributed by atoms with E-state index in [1.54, 1.807) is 0 Å². The molecule has 1 unspecified atom stereocenters. The zero-order chi connectivity index (χ0) is 25.9. The van der Waals surface area contributed by atoms with Crippen LogP contribution in [-0.2, 0) is 12.4 Å². The number of para-hydroxylation sites is 1. The molecule has 200 valence electrons. The van der Waals surface area contributed by atoms with E-state index < -0.39 is 35.4 Å². The van der Waals surface area contributed by atoms with Gasteiger partial charge < -0.3 is 5.11 Å². The third-order valence-electron chi connectivity index (χ3n) is 7.56. The molecule has 4 nitrogen and oxygen atoms in total. The van der Waals surface area contributed by atoms with E-state index in [1.807, 2.05) is 0 Å². The largest absolute Gasteiger partial charge is 0.433 e. The van der Waals surface area contributed by atoms with Gasteiger partial charge in [0.1, 0.15) is 11.9 Å². The summed E-state index contributed by atoms with van der Waals surface area (Å²) in [6.45, 7) is 0.924. The zero-order valence-corrected chi connectivity index (χ0v) is 20.1. The molecule has 2 aromatic rings. The van der Waals surface area contributed by atoms with Crippen molar-refractivity contribution in [2.45, 2.75) is 94.9 Å². The molecule has 0 aliphatic heterocycles. The molecule has 0 amide bonds.